The van der Waals surface area contributed by atoms with Crippen molar-refractivity contribution in [3.05, 3.63) is 48.3 Å². The van der Waals surface area contributed by atoms with Crippen LogP contribution in [0.1, 0.15) is 11.6 Å². The molecule has 1 unspecified atom stereocenters. The summed E-state index contributed by atoms with van der Waals surface area (Å²) in [7, 11) is 1.28. The molecule has 0 saturated heterocycles. The van der Waals surface area contributed by atoms with Gasteiger partial charge in [-0.15, -0.1) is 0 Å². The number of aromatic nitrogens is 2. The van der Waals surface area contributed by atoms with Crippen LogP contribution in [0.2, 0.25) is 0 Å². The van der Waals surface area contributed by atoms with Gasteiger partial charge in [0.1, 0.15) is 6.04 Å². The first-order valence-electron chi connectivity index (χ1n) is 5.36. The van der Waals surface area contributed by atoms with Crippen LogP contribution in [-0.2, 0) is 0 Å². The summed E-state index contributed by atoms with van der Waals surface area (Å²) < 4.78 is 39.6. The summed E-state index contributed by atoms with van der Waals surface area (Å²) in [5.41, 5.74) is 0.814. The van der Waals surface area contributed by atoms with Gasteiger partial charge in [-0.1, -0.05) is 18.2 Å². The van der Waals surface area contributed by atoms with Crippen LogP contribution in [0.5, 0.6) is 0 Å². The molecule has 3 nitrogen and oxygen atoms in total. The Morgan fingerprint density at radius 1 is 1.22 bits per heavy atom. The van der Waals surface area contributed by atoms with E-state index in [0.29, 0.717) is 0 Å². The fourth-order valence-corrected chi connectivity index (χ4v) is 1.73. The van der Waals surface area contributed by atoms with Crippen molar-refractivity contribution in [3.63, 3.8) is 0 Å². The molecule has 18 heavy (non-hydrogen) atoms. The number of rotatable bonds is 3. The molecular formula is C12H12F3N3. The number of nitrogens with zero attached hydrogens (tertiary/aromatic N) is 2. The van der Waals surface area contributed by atoms with E-state index in [0.717, 1.165) is 5.69 Å². The maximum atomic E-state index is 12.7. The summed E-state index contributed by atoms with van der Waals surface area (Å²) in [6.07, 6.45) is -1.73. The van der Waals surface area contributed by atoms with Crippen LogP contribution in [-0.4, -0.2) is 23.0 Å². The largest absolute Gasteiger partial charge is 0.408 e. The Bertz CT molecular complexity index is 505. The summed E-state index contributed by atoms with van der Waals surface area (Å²) in [4.78, 5) is 0. The number of halogens is 3. The van der Waals surface area contributed by atoms with E-state index in [1.165, 1.54) is 24.1 Å². The molecule has 2 rings (SSSR count). The van der Waals surface area contributed by atoms with Gasteiger partial charge in [-0.25, -0.2) is 4.68 Å². The third kappa shape index (κ3) is 2.53. The minimum atomic E-state index is -4.33. The molecule has 1 N–H and O–H groups in total. The lowest BCUT2D eigenvalue weighted by molar-refractivity contribution is -0.156. The van der Waals surface area contributed by atoms with Crippen molar-refractivity contribution in [1.82, 2.24) is 15.1 Å². The molecule has 0 saturated carbocycles. The molecule has 1 heterocycles. The van der Waals surface area contributed by atoms with Crippen LogP contribution >= 0.6 is 0 Å². The molecule has 1 atom stereocenters. The van der Waals surface area contributed by atoms with Gasteiger partial charge in [0.2, 0.25) is 0 Å². The zero-order valence-electron chi connectivity index (χ0n) is 9.65. The first-order valence-corrected chi connectivity index (χ1v) is 5.36. The number of benzene rings is 1. The second kappa shape index (κ2) is 4.81. The molecule has 0 spiro atoms. The van der Waals surface area contributed by atoms with Crippen LogP contribution in [0.4, 0.5) is 13.2 Å². The summed E-state index contributed by atoms with van der Waals surface area (Å²) in [6, 6.07) is 7.29. The van der Waals surface area contributed by atoms with Crippen molar-refractivity contribution in [2.75, 3.05) is 7.05 Å². The third-order valence-corrected chi connectivity index (χ3v) is 2.57. The van der Waals surface area contributed by atoms with E-state index in [-0.39, 0.29) is 5.56 Å². The van der Waals surface area contributed by atoms with Crippen LogP contribution < -0.4 is 5.32 Å². The lowest BCUT2D eigenvalue weighted by Gasteiger charge is -2.17. The minimum absolute atomic E-state index is 0.0915. The SMILES string of the molecule is CNC(c1cnn(-c2ccccc2)c1)C(F)(F)F. The predicted octanol–water partition coefficient (Wildman–Crippen LogP) is 2.70. The molecule has 0 amide bonds. The van der Waals surface area contributed by atoms with Crippen molar-refractivity contribution < 1.29 is 13.2 Å². The van der Waals surface area contributed by atoms with Crippen molar-refractivity contribution in [1.29, 1.82) is 0 Å². The Hall–Kier alpha value is -1.82. The van der Waals surface area contributed by atoms with E-state index < -0.39 is 12.2 Å². The van der Waals surface area contributed by atoms with E-state index in [9.17, 15) is 13.2 Å². The first kappa shape index (κ1) is 12.6. The number of para-hydroxylation sites is 1. The van der Waals surface area contributed by atoms with E-state index in [1.807, 2.05) is 6.07 Å². The summed E-state index contributed by atoms with van der Waals surface area (Å²) in [5, 5.41) is 6.19. The lowest BCUT2D eigenvalue weighted by atomic mass is 10.1. The Morgan fingerprint density at radius 2 is 1.89 bits per heavy atom. The monoisotopic (exact) mass is 255 g/mol. The first-order chi connectivity index (χ1) is 8.52. The second-order valence-corrected chi connectivity index (χ2v) is 3.82. The average Bonchev–Trinajstić information content (AvgIpc) is 2.78. The molecule has 0 aliphatic carbocycles. The van der Waals surface area contributed by atoms with Gasteiger partial charge in [0.05, 0.1) is 11.9 Å². The standard InChI is InChI=1S/C12H12F3N3/c1-16-11(12(13,14)15)9-7-17-18(8-9)10-5-3-2-4-6-10/h2-8,11,16H,1H3. The molecular weight excluding hydrogens is 243 g/mol. The van der Waals surface area contributed by atoms with Gasteiger partial charge in [0.25, 0.3) is 0 Å². The number of hydrogen-bond acceptors (Lipinski definition) is 2. The van der Waals surface area contributed by atoms with Gasteiger partial charge in [0, 0.05) is 11.8 Å². The third-order valence-electron chi connectivity index (χ3n) is 2.57. The summed E-state index contributed by atoms with van der Waals surface area (Å²) in [6.45, 7) is 0. The van der Waals surface area contributed by atoms with Gasteiger partial charge in [0.15, 0.2) is 0 Å². The fraction of sp³-hybridized carbons (Fsp3) is 0.250. The second-order valence-electron chi connectivity index (χ2n) is 3.82. The van der Waals surface area contributed by atoms with Gasteiger partial charge >= 0.3 is 6.18 Å². The molecule has 0 radical (unpaired) electrons. The van der Waals surface area contributed by atoms with Crippen LogP contribution in [0.25, 0.3) is 5.69 Å². The van der Waals surface area contributed by atoms with Crippen molar-refractivity contribution in [3.8, 4) is 5.69 Å². The molecule has 6 heteroatoms. The van der Waals surface area contributed by atoms with Crippen molar-refractivity contribution >= 4 is 0 Å². The summed E-state index contributed by atoms with van der Waals surface area (Å²) in [5.74, 6) is 0. The van der Waals surface area contributed by atoms with Crippen molar-refractivity contribution in [2.24, 2.45) is 0 Å². The van der Waals surface area contributed by atoms with Gasteiger partial charge in [-0.05, 0) is 19.2 Å². The molecule has 0 fully saturated rings. The highest BCUT2D eigenvalue weighted by atomic mass is 19.4. The highest BCUT2D eigenvalue weighted by Crippen LogP contribution is 2.32. The highest BCUT2D eigenvalue weighted by Gasteiger charge is 2.40. The molecule has 96 valence electrons. The molecule has 0 aliphatic rings. The number of alkyl halides is 3. The molecule has 1 aromatic carbocycles. The van der Waals surface area contributed by atoms with E-state index in [1.54, 1.807) is 24.3 Å². The zero-order valence-corrected chi connectivity index (χ0v) is 9.65. The quantitative estimate of drug-likeness (QED) is 0.913. The molecule has 0 bridgehead atoms. The van der Waals surface area contributed by atoms with Gasteiger partial charge < -0.3 is 5.32 Å². The van der Waals surface area contributed by atoms with Crippen LogP contribution in [0, 0.1) is 0 Å². The topological polar surface area (TPSA) is 29.9 Å². The predicted molar refractivity (Wildman–Crippen MR) is 61.4 cm³/mol. The van der Waals surface area contributed by atoms with E-state index in [2.05, 4.69) is 10.4 Å². The molecule has 2 aromatic rings. The number of hydrogen-bond donors (Lipinski definition) is 1. The Labute approximate surface area is 102 Å². The Morgan fingerprint density at radius 3 is 2.44 bits per heavy atom. The Balaban J connectivity index is 2.31. The Kier molecular flexibility index (Phi) is 3.38. The average molecular weight is 255 g/mol. The smallest absolute Gasteiger partial charge is 0.305 e. The zero-order chi connectivity index (χ0) is 13.2. The van der Waals surface area contributed by atoms with Gasteiger partial charge in [-0.3, -0.25) is 0 Å². The number of nitrogens with one attached hydrogen (secondary N) is 1. The van der Waals surface area contributed by atoms with Crippen LogP contribution in [0.15, 0.2) is 42.7 Å². The highest BCUT2D eigenvalue weighted by molar-refractivity contribution is 5.31. The lowest BCUT2D eigenvalue weighted by Crippen LogP contribution is -2.31. The van der Waals surface area contributed by atoms with E-state index in [4.69, 9.17) is 0 Å². The normalized spacial score (nSPS) is 13.6. The molecule has 1 aromatic heterocycles. The minimum Gasteiger partial charge on any atom is -0.305 e. The van der Waals surface area contributed by atoms with E-state index >= 15 is 0 Å². The van der Waals surface area contributed by atoms with Crippen molar-refractivity contribution in [2.45, 2.75) is 12.2 Å². The van der Waals surface area contributed by atoms with Gasteiger partial charge in [-0.2, -0.15) is 18.3 Å². The molecule has 0 aliphatic heterocycles. The fourth-order valence-electron chi connectivity index (χ4n) is 1.73. The maximum absolute atomic E-state index is 12.7. The van der Waals surface area contributed by atoms with Crippen LogP contribution in [0.3, 0.4) is 0 Å². The summed E-state index contributed by atoms with van der Waals surface area (Å²) >= 11 is 0. The maximum Gasteiger partial charge on any atom is 0.408 e.